The van der Waals surface area contributed by atoms with E-state index in [0.29, 0.717) is 23.4 Å². The zero-order valence-corrected chi connectivity index (χ0v) is 12.0. The van der Waals surface area contributed by atoms with Gasteiger partial charge in [0.1, 0.15) is 11.2 Å². The zero-order chi connectivity index (χ0) is 14.3. The van der Waals surface area contributed by atoms with Crippen LogP contribution in [0.15, 0.2) is 11.0 Å². The Bertz CT molecular complexity index is 667. The molecule has 0 aliphatic carbocycles. The summed E-state index contributed by atoms with van der Waals surface area (Å²) in [5, 5.41) is 4.60. The van der Waals surface area contributed by atoms with Gasteiger partial charge in [-0.3, -0.25) is 14.4 Å². The molecule has 7 nitrogen and oxygen atoms in total. The molecule has 7 heteroatoms. The number of morpholine rings is 1. The molecular formula is C13H19N5O2. The molecule has 1 saturated heterocycles. The monoisotopic (exact) mass is 277 g/mol. The number of hydrogen-bond acceptors (Lipinski definition) is 5. The second-order valence-electron chi connectivity index (χ2n) is 5.47. The summed E-state index contributed by atoms with van der Waals surface area (Å²) in [6.07, 6.45) is 1.95. The first-order chi connectivity index (χ1) is 9.52. The predicted octanol–water partition coefficient (Wildman–Crippen LogP) is 0.266. The highest BCUT2D eigenvalue weighted by Gasteiger charge is 2.23. The van der Waals surface area contributed by atoms with E-state index in [1.165, 1.54) is 0 Å². The van der Waals surface area contributed by atoms with Crippen molar-refractivity contribution in [3.8, 4) is 0 Å². The topological polar surface area (TPSA) is 76.0 Å². The summed E-state index contributed by atoms with van der Waals surface area (Å²) in [5.74, 6) is 0.674. The van der Waals surface area contributed by atoms with Gasteiger partial charge in [-0.2, -0.15) is 5.10 Å². The summed E-state index contributed by atoms with van der Waals surface area (Å²) < 4.78 is 7.33. The number of aromatic amines is 1. The van der Waals surface area contributed by atoms with Crippen molar-refractivity contribution in [3.05, 3.63) is 22.4 Å². The number of nitrogens with zero attached hydrogens (tertiary/aromatic N) is 4. The van der Waals surface area contributed by atoms with E-state index in [1.54, 1.807) is 17.9 Å². The third-order valence-corrected chi connectivity index (χ3v) is 3.52. The molecule has 1 aliphatic heterocycles. The lowest BCUT2D eigenvalue weighted by Gasteiger charge is -2.34. The number of H-pyrrole nitrogens is 1. The van der Waals surface area contributed by atoms with Crippen LogP contribution in [0.4, 0.5) is 0 Å². The Morgan fingerprint density at radius 3 is 2.80 bits per heavy atom. The maximum Gasteiger partial charge on any atom is 0.262 e. The molecule has 3 heterocycles. The van der Waals surface area contributed by atoms with E-state index in [-0.39, 0.29) is 17.8 Å². The van der Waals surface area contributed by atoms with Gasteiger partial charge in [0.25, 0.3) is 5.56 Å². The van der Waals surface area contributed by atoms with E-state index in [4.69, 9.17) is 4.74 Å². The Morgan fingerprint density at radius 1 is 1.40 bits per heavy atom. The van der Waals surface area contributed by atoms with Gasteiger partial charge in [-0.15, -0.1) is 0 Å². The molecule has 3 rings (SSSR count). The van der Waals surface area contributed by atoms with Gasteiger partial charge in [0.2, 0.25) is 0 Å². The molecule has 2 aromatic rings. The van der Waals surface area contributed by atoms with Crippen LogP contribution in [0.3, 0.4) is 0 Å². The fraction of sp³-hybridized carbons (Fsp3) is 0.615. The average molecular weight is 277 g/mol. The quantitative estimate of drug-likeness (QED) is 0.852. The molecule has 0 bridgehead atoms. The fourth-order valence-corrected chi connectivity index (χ4v) is 2.78. The maximum atomic E-state index is 12.0. The summed E-state index contributed by atoms with van der Waals surface area (Å²) in [6, 6.07) is 0. The van der Waals surface area contributed by atoms with Gasteiger partial charge in [-0.25, -0.2) is 4.98 Å². The van der Waals surface area contributed by atoms with Crippen LogP contribution in [0.2, 0.25) is 0 Å². The molecule has 2 aromatic heterocycles. The van der Waals surface area contributed by atoms with E-state index in [2.05, 4.69) is 33.8 Å². The normalized spacial score (nSPS) is 24.4. The molecule has 0 radical (unpaired) electrons. The van der Waals surface area contributed by atoms with Crippen molar-refractivity contribution in [2.75, 3.05) is 13.1 Å². The van der Waals surface area contributed by atoms with Crippen LogP contribution < -0.4 is 5.56 Å². The van der Waals surface area contributed by atoms with Crippen LogP contribution in [0.25, 0.3) is 11.0 Å². The molecule has 108 valence electrons. The van der Waals surface area contributed by atoms with Crippen LogP contribution >= 0.6 is 0 Å². The Hall–Kier alpha value is -1.73. The summed E-state index contributed by atoms with van der Waals surface area (Å²) in [5.41, 5.74) is 0.491. The van der Waals surface area contributed by atoms with E-state index >= 15 is 0 Å². The molecule has 20 heavy (non-hydrogen) atoms. The fourth-order valence-electron chi connectivity index (χ4n) is 2.78. The third-order valence-electron chi connectivity index (χ3n) is 3.52. The first-order valence-electron chi connectivity index (χ1n) is 6.81. The van der Waals surface area contributed by atoms with Crippen molar-refractivity contribution >= 4 is 11.0 Å². The number of ether oxygens (including phenoxy) is 1. The van der Waals surface area contributed by atoms with Crippen molar-refractivity contribution in [2.24, 2.45) is 7.05 Å². The Kier molecular flexibility index (Phi) is 3.31. The van der Waals surface area contributed by atoms with E-state index in [0.717, 1.165) is 13.1 Å². The number of rotatable bonds is 2. The summed E-state index contributed by atoms with van der Waals surface area (Å²) in [7, 11) is 1.79. The summed E-state index contributed by atoms with van der Waals surface area (Å²) in [6.45, 7) is 6.43. The van der Waals surface area contributed by atoms with Crippen LogP contribution in [0, 0.1) is 0 Å². The molecule has 0 saturated carbocycles. The molecule has 0 amide bonds. The van der Waals surface area contributed by atoms with Crippen molar-refractivity contribution in [3.63, 3.8) is 0 Å². The van der Waals surface area contributed by atoms with E-state index < -0.39 is 0 Å². The molecule has 0 unspecified atom stereocenters. The lowest BCUT2D eigenvalue weighted by atomic mass is 10.2. The van der Waals surface area contributed by atoms with Crippen molar-refractivity contribution in [1.29, 1.82) is 0 Å². The lowest BCUT2D eigenvalue weighted by Crippen LogP contribution is -2.45. The first-order valence-corrected chi connectivity index (χ1v) is 6.81. The minimum absolute atomic E-state index is 0.132. The lowest BCUT2D eigenvalue weighted by molar-refractivity contribution is -0.0710. The van der Waals surface area contributed by atoms with Crippen molar-refractivity contribution < 1.29 is 4.74 Å². The maximum absolute atomic E-state index is 12.0. The number of aryl methyl sites for hydroxylation is 1. The molecule has 2 atom stereocenters. The largest absolute Gasteiger partial charge is 0.373 e. The van der Waals surface area contributed by atoms with Gasteiger partial charge in [0, 0.05) is 20.1 Å². The van der Waals surface area contributed by atoms with Gasteiger partial charge < -0.3 is 9.72 Å². The number of aromatic nitrogens is 4. The molecule has 1 fully saturated rings. The molecule has 0 aromatic carbocycles. The minimum Gasteiger partial charge on any atom is -0.373 e. The van der Waals surface area contributed by atoms with Crippen molar-refractivity contribution in [1.82, 2.24) is 24.6 Å². The minimum atomic E-state index is -0.132. The van der Waals surface area contributed by atoms with Crippen LogP contribution in [0.5, 0.6) is 0 Å². The van der Waals surface area contributed by atoms with Gasteiger partial charge >= 0.3 is 0 Å². The highest BCUT2D eigenvalue weighted by molar-refractivity contribution is 5.72. The number of nitrogens with one attached hydrogen (secondary N) is 1. The van der Waals surface area contributed by atoms with Crippen molar-refractivity contribution in [2.45, 2.75) is 32.6 Å². The first kappa shape index (κ1) is 13.3. The van der Waals surface area contributed by atoms with Gasteiger partial charge in [-0.05, 0) is 13.8 Å². The number of fused-ring (bicyclic) bond motifs is 1. The highest BCUT2D eigenvalue weighted by Crippen LogP contribution is 2.13. The summed E-state index contributed by atoms with van der Waals surface area (Å²) in [4.78, 5) is 21.6. The van der Waals surface area contributed by atoms with Crippen LogP contribution in [-0.2, 0) is 18.3 Å². The van der Waals surface area contributed by atoms with Gasteiger partial charge in [0.05, 0.1) is 24.9 Å². The predicted molar refractivity (Wildman–Crippen MR) is 74.4 cm³/mol. The average Bonchev–Trinajstić information content (AvgIpc) is 2.70. The Balaban J connectivity index is 1.87. The third kappa shape index (κ3) is 2.46. The van der Waals surface area contributed by atoms with Crippen LogP contribution in [-0.4, -0.2) is 49.9 Å². The second-order valence-corrected chi connectivity index (χ2v) is 5.47. The zero-order valence-electron chi connectivity index (χ0n) is 12.0. The molecule has 0 spiro atoms. The second kappa shape index (κ2) is 4.99. The van der Waals surface area contributed by atoms with Gasteiger partial charge in [0.15, 0.2) is 5.65 Å². The molecule has 1 aliphatic rings. The van der Waals surface area contributed by atoms with Gasteiger partial charge in [-0.1, -0.05) is 0 Å². The SMILES string of the molecule is C[C@@H]1CN(Cc2nc3c(cnn3C)c(=O)[nH]2)C[C@H](C)O1. The smallest absolute Gasteiger partial charge is 0.262 e. The highest BCUT2D eigenvalue weighted by atomic mass is 16.5. The molecule has 1 N–H and O–H groups in total. The van der Waals surface area contributed by atoms with E-state index in [9.17, 15) is 4.79 Å². The standard InChI is InChI=1S/C13H19N5O2/c1-8-5-18(6-9(2)20-8)7-11-15-12-10(13(19)16-11)4-14-17(12)3/h4,8-9H,5-7H2,1-3H3,(H,15,16,19)/t8-,9+. The Morgan fingerprint density at radius 2 is 2.10 bits per heavy atom. The summed E-state index contributed by atoms with van der Waals surface area (Å²) >= 11 is 0. The number of hydrogen-bond donors (Lipinski definition) is 1. The molecular weight excluding hydrogens is 258 g/mol. The van der Waals surface area contributed by atoms with Crippen LogP contribution in [0.1, 0.15) is 19.7 Å². The van der Waals surface area contributed by atoms with E-state index in [1.807, 2.05) is 0 Å². The Labute approximate surface area is 116 Å².